The van der Waals surface area contributed by atoms with Gasteiger partial charge in [0, 0.05) is 38.3 Å². The van der Waals surface area contributed by atoms with E-state index in [4.69, 9.17) is 0 Å². The topological polar surface area (TPSA) is 44.9 Å². The fraction of sp³-hybridized carbons (Fsp3) is 0.235. The molecule has 0 aliphatic heterocycles. The lowest BCUT2D eigenvalue weighted by Crippen LogP contribution is -2.21. The van der Waals surface area contributed by atoms with E-state index in [1.54, 1.807) is 11.3 Å². The summed E-state index contributed by atoms with van der Waals surface area (Å²) in [6.45, 7) is 0.613. The van der Waals surface area contributed by atoms with E-state index in [2.05, 4.69) is 38.4 Å². The molecule has 3 rings (SSSR count). The van der Waals surface area contributed by atoms with Crippen molar-refractivity contribution in [2.45, 2.75) is 25.8 Å². The van der Waals surface area contributed by atoms with Crippen LogP contribution in [0.25, 0.3) is 10.9 Å². The molecule has 0 spiro atoms. The second kappa shape index (κ2) is 7.11. The third-order valence-corrected chi connectivity index (χ3v) is 5.30. The van der Waals surface area contributed by atoms with Crippen LogP contribution in [-0.4, -0.2) is 10.9 Å². The second-order valence-electron chi connectivity index (χ2n) is 5.22. The van der Waals surface area contributed by atoms with Gasteiger partial charge in [0.05, 0.1) is 6.54 Å². The van der Waals surface area contributed by atoms with E-state index in [0.29, 0.717) is 13.0 Å². The highest BCUT2D eigenvalue weighted by atomic mass is 79.9. The van der Waals surface area contributed by atoms with E-state index < -0.39 is 0 Å². The maximum absolute atomic E-state index is 11.9. The molecule has 3 nitrogen and oxygen atoms in total. The highest BCUT2D eigenvalue weighted by Crippen LogP contribution is 2.20. The van der Waals surface area contributed by atoms with Gasteiger partial charge in [0.1, 0.15) is 0 Å². The summed E-state index contributed by atoms with van der Waals surface area (Å²) in [4.78, 5) is 16.3. The first-order valence-corrected chi connectivity index (χ1v) is 8.94. The molecule has 0 atom stereocenters. The number of H-pyrrole nitrogens is 1. The van der Waals surface area contributed by atoms with E-state index >= 15 is 0 Å². The zero-order valence-corrected chi connectivity index (χ0v) is 14.5. The molecule has 0 unspecified atom stereocenters. The third kappa shape index (κ3) is 3.78. The lowest BCUT2D eigenvalue weighted by Gasteiger charge is -2.03. The van der Waals surface area contributed by atoms with Crippen LogP contribution in [0.4, 0.5) is 0 Å². The van der Waals surface area contributed by atoms with Gasteiger partial charge in [0.2, 0.25) is 5.91 Å². The quantitative estimate of drug-likeness (QED) is 0.646. The molecule has 2 aromatic heterocycles. The predicted molar refractivity (Wildman–Crippen MR) is 95.1 cm³/mol. The van der Waals surface area contributed by atoms with Crippen LogP contribution in [0.5, 0.6) is 0 Å². The van der Waals surface area contributed by atoms with Gasteiger partial charge < -0.3 is 10.3 Å². The smallest absolute Gasteiger partial charge is 0.220 e. The van der Waals surface area contributed by atoms with Crippen molar-refractivity contribution in [2.24, 2.45) is 0 Å². The van der Waals surface area contributed by atoms with E-state index in [-0.39, 0.29) is 5.91 Å². The van der Waals surface area contributed by atoms with Gasteiger partial charge in [-0.15, -0.1) is 11.3 Å². The molecule has 114 valence electrons. The number of thiophene rings is 1. The molecule has 0 saturated carbocycles. The second-order valence-corrected chi connectivity index (χ2v) is 7.13. The van der Waals surface area contributed by atoms with Crippen molar-refractivity contribution in [3.63, 3.8) is 0 Å². The highest BCUT2D eigenvalue weighted by Gasteiger charge is 2.06. The molecule has 1 aromatic carbocycles. The van der Waals surface area contributed by atoms with Crippen LogP contribution >= 0.6 is 27.3 Å². The number of para-hydroxylation sites is 1. The number of nitrogens with one attached hydrogen (secondary N) is 2. The number of halogens is 1. The SMILES string of the molecule is O=C(CCCc1c[nH]c2ccccc12)NCc1cc(Br)cs1. The summed E-state index contributed by atoms with van der Waals surface area (Å²) < 4.78 is 1.07. The highest BCUT2D eigenvalue weighted by molar-refractivity contribution is 9.10. The number of rotatable bonds is 6. The van der Waals surface area contributed by atoms with Crippen molar-refractivity contribution in [1.82, 2.24) is 10.3 Å². The van der Waals surface area contributed by atoms with Crippen molar-refractivity contribution in [1.29, 1.82) is 0 Å². The minimum absolute atomic E-state index is 0.115. The van der Waals surface area contributed by atoms with Gasteiger partial charge in [0.25, 0.3) is 0 Å². The van der Waals surface area contributed by atoms with E-state index in [1.807, 2.05) is 29.8 Å². The molecule has 0 fully saturated rings. The Morgan fingerprint density at radius 1 is 1.32 bits per heavy atom. The van der Waals surface area contributed by atoms with E-state index in [0.717, 1.165) is 27.7 Å². The number of hydrogen-bond acceptors (Lipinski definition) is 2. The zero-order chi connectivity index (χ0) is 15.4. The molecule has 1 amide bonds. The van der Waals surface area contributed by atoms with Crippen LogP contribution in [-0.2, 0) is 17.8 Å². The van der Waals surface area contributed by atoms with Gasteiger partial charge in [-0.2, -0.15) is 0 Å². The first-order valence-electron chi connectivity index (χ1n) is 7.27. The summed E-state index contributed by atoms with van der Waals surface area (Å²) in [5.74, 6) is 0.115. The Labute approximate surface area is 141 Å². The molecule has 22 heavy (non-hydrogen) atoms. The number of aromatic nitrogens is 1. The van der Waals surface area contributed by atoms with Crippen molar-refractivity contribution >= 4 is 44.1 Å². The Hall–Kier alpha value is -1.59. The van der Waals surface area contributed by atoms with Crippen molar-refractivity contribution in [3.05, 3.63) is 56.8 Å². The van der Waals surface area contributed by atoms with Gasteiger partial charge in [-0.25, -0.2) is 0 Å². The molecule has 2 heterocycles. The Morgan fingerprint density at radius 3 is 3.00 bits per heavy atom. The minimum atomic E-state index is 0.115. The maximum atomic E-state index is 11.9. The molecule has 0 aliphatic rings. The Morgan fingerprint density at radius 2 is 2.18 bits per heavy atom. The van der Waals surface area contributed by atoms with E-state index in [9.17, 15) is 4.79 Å². The van der Waals surface area contributed by atoms with Gasteiger partial charge in [0.15, 0.2) is 0 Å². The fourth-order valence-corrected chi connectivity index (χ4v) is 3.89. The minimum Gasteiger partial charge on any atom is -0.361 e. The van der Waals surface area contributed by atoms with Crippen molar-refractivity contribution in [2.75, 3.05) is 0 Å². The maximum Gasteiger partial charge on any atom is 0.220 e. The number of carbonyl (C=O) groups is 1. The van der Waals surface area contributed by atoms with Crippen LogP contribution in [0, 0.1) is 0 Å². The molecule has 0 radical (unpaired) electrons. The van der Waals surface area contributed by atoms with Crippen LogP contribution < -0.4 is 5.32 Å². The molecule has 3 aromatic rings. The number of carbonyl (C=O) groups excluding carboxylic acids is 1. The zero-order valence-electron chi connectivity index (χ0n) is 12.1. The molecule has 2 N–H and O–H groups in total. The summed E-state index contributed by atoms with van der Waals surface area (Å²) >= 11 is 5.07. The molecule has 5 heteroatoms. The van der Waals surface area contributed by atoms with Gasteiger partial charge in [-0.1, -0.05) is 18.2 Å². The number of amides is 1. The van der Waals surface area contributed by atoms with E-state index in [1.165, 1.54) is 10.9 Å². The Kier molecular flexibility index (Phi) is 4.95. The number of fused-ring (bicyclic) bond motifs is 1. The molecule has 0 saturated heterocycles. The monoisotopic (exact) mass is 376 g/mol. The number of benzene rings is 1. The van der Waals surface area contributed by atoms with Crippen molar-refractivity contribution < 1.29 is 4.79 Å². The normalized spacial score (nSPS) is 11.0. The average molecular weight is 377 g/mol. The van der Waals surface area contributed by atoms with Crippen molar-refractivity contribution in [3.8, 4) is 0 Å². The standard InChI is InChI=1S/C17H17BrN2OS/c18-13-8-14(22-11-13)10-20-17(21)7-3-4-12-9-19-16-6-2-1-5-15(12)16/h1-2,5-6,8-9,11,19H,3-4,7,10H2,(H,20,21). The molecule has 0 bridgehead atoms. The lowest BCUT2D eigenvalue weighted by atomic mass is 10.1. The van der Waals surface area contributed by atoms with Gasteiger partial charge >= 0.3 is 0 Å². The molecular formula is C17H17BrN2OS. The number of aryl methyl sites for hydroxylation is 1. The average Bonchev–Trinajstić information content (AvgIpc) is 3.12. The summed E-state index contributed by atoms with van der Waals surface area (Å²) in [6, 6.07) is 10.3. The number of aromatic amines is 1. The lowest BCUT2D eigenvalue weighted by molar-refractivity contribution is -0.121. The fourth-order valence-electron chi connectivity index (χ4n) is 2.50. The summed E-state index contributed by atoms with van der Waals surface area (Å²) in [5, 5.41) is 6.25. The van der Waals surface area contributed by atoms with Crippen LogP contribution in [0.1, 0.15) is 23.3 Å². The predicted octanol–water partition coefficient (Wildman–Crippen LogP) is 4.63. The third-order valence-electron chi connectivity index (χ3n) is 3.61. The molecule has 0 aliphatic carbocycles. The van der Waals surface area contributed by atoms with Gasteiger partial charge in [-0.3, -0.25) is 4.79 Å². The first-order chi connectivity index (χ1) is 10.7. The van der Waals surface area contributed by atoms with Crippen LogP contribution in [0.15, 0.2) is 46.4 Å². The molecular weight excluding hydrogens is 360 g/mol. The van der Waals surface area contributed by atoms with Gasteiger partial charge in [-0.05, 0) is 46.5 Å². The Balaban J connectivity index is 1.45. The van der Waals surface area contributed by atoms with Crippen LogP contribution in [0.2, 0.25) is 0 Å². The van der Waals surface area contributed by atoms with Crippen LogP contribution in [0.3, 0.4) is 0 Å². The summed E-state index contributed by atoms with van der Waals surface area (Å²) in [7, 11) is 0. The Bertz CT molecular complexity index is 778. The summed E-state index contributed by atoms with van der Waals surface area (Å²) in [5.41, 5.74) is 2.44. The summed E-state index contributed by atoms with van der Waals surface area (Å²) in [6.07, 6.45) is 4.39. The largest absolute Gasteiger partial charge is 0.361 e. The number of hydrogen-bond donors (Lipinski definition) is 2. The first kappa shape index (κ1) is 15.3.